The molecule has 1 aromatic carbocycles. The lowest BCUT2D eigenvalue weighted by Crippen LogP contribution is -2.48. The Labute approximate surface area is 145 Å². The SMILES string of the molecule is O=C(CN1CCN(c2ccnc(Cl)c2)CC1)Nc1ccc(F)cc1. The molecular formula is C17H18ClFN4O. The number of carbonyl (C=O) groups is 1. The maximum absolute atomic E-state index is 12.9. The van der Waals surface area contributed by atoms with Gasteiger partial charge in [0.1, 0.15) is 11.0 Å². The third kappa shape index (κ3) is 4.43. The molecule has 7 heteroatoms. The van der Waals surface area contributed by atoms with Gasteiger partial charge in [-0.3, -0.25) is 9.69 Å². The summed E-state index contributed by atoms with van der Waals surface area (Å²) in [5.74, 6) is -0.414. The van der Waals surface area contributed by atoms with Gasteiger partial charge in [0.05, 0.1) is 6.54 Å². The van der Waals surface area contributed by atoms with Gasteiger partial charge in [0.2, 0.25) is 5.91 Å². The third-order valence-electron chi connectivity index (χ3n) is 3.94. The number of hydrogen-bond donors (Lipinski definition) is 1. The lowest BCUT2D eigenvalue weighted by Gasteiger charge is -2.35. The maximum Gasteiger partial charge on any atom is 0.238 e. The van der Waals surface area contributed by atoms with Gasteiger partial charge in [0.15, 0.2) is 0 Å². The summed E-state index contributed by atoms with van der Waals surface area (Å²) in [6.45, 7) is 3.55. The van der Waals surface area contributed by atoms with Crippen LogP contribution >= 0.6 is 11.6 Å². The van der Waals surface area contributed by atoms with Gasteiger partial charge >= 0.3 is 0 Å². The Morgan fingerprint density at radius 2 is 1.88 bits per heavy atom. The standard InChI is InChI=1S/C17H18ClFN4O/c18-16-11-15(5-6-20-16)23-9-7-22(8-10-23)12-17(24)21-14-3-1-13(19)2-4-14/h1-6,11H,7-10,12H2,(H,21,24). The Hall–Kier alpha value is -2.18. The number of anilines is 2. The first kappa shape index (κ1) is 16.7. The zero-order chi connectivity index (χ0) is 16.9. The van der Waals surface area contributed by atoms with Crippen LogP contribution in [0.1, 0.15) is 0 Å². The van der Waals surface area contributed by atoms with E-state index in [1.807, 2.05) is 12.1 Å². The van der Waals surface area contributed by atoms with Crippen molar-refractivity contribution in [2.75, 3.05) is 42.9 Å². The van der Waals surface area contributed by atoms with E-state index in [4.69, 9.17) is 11.6 Å². The molecule has 0 radical (unpaired) electrons. The lowest BCUT2D eigenvalue weighted by molar-refractivity contribution is -0.117. The quantitative estimate of drug-likeness (QED) is 0.863. The van der Waals surface area contributed by atoms with Crippen molar-refractivity contribution in [3.8, 4) is 0 Å². The van der Waals surface area contributed by atoms with Gasteiger partial charge in [0.25, 0.3) is 0 Å². The highest BCUT2D eigenvalue weighted by molar-refractivity contribution is 6.29. The number of halogens is 2. The van der Waals surface area contributed by atoms with E-state index >= 15 is 0 Å². The molecule has 0 aliphatic carbocycles. The Morgan fingerprint density at radius 3 is 2.54 bits per heavy atom. The van der Waals surface area contributed by atoms with E-state index in [-0.39, 0.29) is 11.7 Å². The van der Waals surface area contributed by atoms with Crippen molar-refractivity contribution in [1.82, 2.24) is 9.88 Å². The van der Waals surface area contributed by atoms with E-state index in [0.29, 0.717) is 17.4 Å². The van der Waals surface area contributed by atoms with E-state index in [1.165, 1.54) is 12.1 Å². The Bertz CT molecular complexity index is 702. The molecule has 1 fully saturated rings. The van der Waals surface area contributed by atoms with E-state index in [9.17, 15) is 9.18 Å². The number of pyridine rings is 1. The molecule has 0 atom stereocenters. The molecule has 24 heavy (non-hydrogen) atoms. The van der Waals surface area contributed by atoms with Crippen LogP contribution in [-0.4, -0.2) is 48.5 Å². The average molecular weight is 349 g/mol. The molecule has 1 N–H and O–H groups in total. The van der Waals surface area contributed by atoms with Crippen molar-refractivity contribution >= 4 is 28.9 Å². The average Bonchev–Trinajstić information content (AvgIpc) is 2.58. The predicted octanol–water partition coefficient (Wildman–Crippen LogP) is 2.63. The zero-order valence-electron chi connectivity index (χ0n) is 13.1. The van der Waals surface area contributed by atoms with Gasteiger partial charge in [-0.1, -0.05) is 11.6 Å². The van der Waals surface area contributed by atoms with E-state index in [0.717, 1.165) is 31.9 Å². The molecule has 1 saturated heterocycles. The van der Waals surface area contributed by atoms with Crippen molar-refractivity contribution in [2.45, 2.75) is 0 Å². The second kappa shape index (κ2) is 7.59. The Morgan fingerprint density at radius 1 is 1.17 bits per heavy atom. The number of nitrogens with one attached hydrogen (secondary N) is 1. The summed E-state index contributed by atoms with van der Waals surface area (Å²) < 4.78 is 12.9. The van der Waals surface area contributed by atoms with Crippen molar-refractivity contribution in [3.63, 3.8) is 0 Å². The van der Waals surface area contributed by atoms with Gasteiger partial charge in [-0.2, -0.15) is 0 Å². The van der Waals surface area contributed by atoms with Crippen LogP contribution < -0.4 is 10.2 Å². The molecule has 1 aliphatic rings. The maximum atomic E-state index is 12.9. The molecule has 2 heterocycles. The van der Waals surface area contributed by atoms with Crippen LogP contribution in [0.5, 0.6) is 0 Å². The Kier molecular flexibility index (Phi) is 5.27. The van der Waals surface area contributed by atoms with Gasteiger partial charge in [-0.15, -0.1) is 0 Å². The lowest BCUT2D eigenvalue weighted by atomic mass is 10.2. The summed E-state index contributed by atoms with van der Waals surface area (Å²) in [5, 5.41) is 3.26. The van der Waals surface area contributed by atoms with Crippen LogP contribution in [0.4, 0.5) is 15.8 Å². The van der Waals surface area contributed by atoms with E-state index in [2.05, 4.69) is 20.1 Å². The fourth-order valence-electron chi connectivity index (χ4n) is 2.69. The summed E-state index contributed by atoms with van der Waals surface area (Å²) >= 11 is 5.92. The molecular weight excluding hydrogens is 331 g/mol. The number of nitrogens with zero attached hydrogens (tertiary/aromatic N) is 3. The summed E-state index contributed by atoms with van der Waals surface area (Å²) in [4.78, 5) is 20.4. The fraction of sp³-hybridized carbons (Fsp3) is 0.294. The molecule has 0 spiro atoms. The first-order valence-corrected chi connectivity index (χ1v) is 8.12. The van der Waals surface area contributed by atoms with Crippen LogP contribution in [0.2, 0.25) is 5.15 Å². The largest absolute Gasteiger partial charge is 0.369 e. The highest BCUT2D eigenvalue weighted by Crippen LogP contribution is 2.19. The minimum atomic E-state index is -0.319. The summed E-state index contributed by atoms with van der Waals surface area (Å²) in [6, 6.07) is 9.54. The normalized spacial score (nSPS) is 15.3. The van der Waals surface area contributed by atoms with Gasteiger partial charge < -0.3 is 10.2 Å². The van der Waals surface area contributed by atoms with Crippen LogP contribution in [0.25, 0.3) is 0 Å². The minimum absolute atomic E-state index is 0.0954. The number of amides is 1. The van der Waals surface area contributed by atoms with E-state index in [1.54, 1.807) is 18.3 Å². The Balaban J connectivity index is 1.48. The van der Waals surface area contributed by atoms with Gasteiger partial charge in [-0.05, 0) is 36.4 Å². The van der Waals surface area contributed by atoms with Gasteiger partial charge in [0, 0.05) is 43.8 Å². The number of carbonyl (C=O) groups excluding carboxylic acids is 1. The van der Waals surface area contributed by atoms with Crippen LogP contribution in [0, 0.1) is 5.82 Å². The zero-order valence-corrected chi connectivity index (χ0v) is 13.8. The van der Waals surface area contributed by atoms with Crippen LogP contribution in [0.3, 0.4) is 0 Å². The molecule has 0 saturated carbocycles. The highest BCUT2D eigenvalue weighted by atomic mass is 35.5. The molecule has 0 bridgehead atoms. The van der Waals surface area contributed by atoms with E-state index < -0.39 is 0 Å². The van der Waals surface area contributed by atoms with Crippen molar-refractivity contribution in [1.29, 1.82) is 0 Å². The molecule has 3 rings (SSSR count). The smallest absolute Gasteiger partial charge is 0.238 e. The van der Waals surface area contributed by atoms with Gasteiger partial charge in [-0.25, -0.2) is 9.37 Å². The third-order valence-corrected chi connectivity index (χ3v) is 4.15. The first-order valence-electron chi connectivity index (χ1n) is 7.74. The predicted molar refractivity (Wildman–Crippen MR) is 92.9 cm³/mol. The molecule has 1 aromatic heterocycles. The second-order valence-corrected chi connectivity index (χ2v) is 6.04. The molecule has 1 amide bonds. The molecule has 126 valence electrons. The summed E-state index contributed by atoms with van der Waals surface area (Å²) in [6.07, 6.45) is 1.69. The number of benzene rings is 1. The number of piperazine rings is 1. The summed E-state index contributed by atoms with van der Waals surface area (Å²) in [7, 11) is 0. The van der Waals surface area contributed by atoms with Crippen LogP contribution in [0.15, 0.2) is 42.6 Å². The molecule has 1 aliphatic heterocycles. The topological polar surface area (TPSA) is 48.5 Å². The molecule has 0 unspecified atom stereocenters. The molecule has 2 aromatic rings. The fourth-order valence-corrected chi connectivity index (χ4v) is 2.86. The van der Waals surface area contributed by atoms with Crippen molar-refractivity contribution in [2.24, 2.45) is 0 Å². The monoisotopic (exact) mass is 348 g/mol. The van der Waals surface area contributed by atoms with Crippen molar-refractivity contribution in [3.05, 3.63) is 53.6 Å². The first-order chi connectivity index (χ1) is 11.6. The number of rotatable bonds is 4. The molecule has 5 nitrogen and oxygen atoms in total. The highest BCUT2D eigenvalue weighted by Gasteiger charge is 2.19. The number of aromatic nitrogens is 1. The summed E-state index contributed by atoms with van der Waals surface area (Å²) in [5.41, 5.74) is 1.65. The second-order valence-electron chi connectivity index (χ2n) is 5.66. The minimum Gasteiger partial charge on any atom is -0.369 e. The van der Waals surface area contributed by atoms with Crippen molar-refractivity contribution < 1.29 is 9.18 Å². The van der Waals surface area contributed by atoms with Crippen LogP contribution in [-0.2, 0) is 4.79 Å². The number of hydrogen-bond acceptors (Lipinski definition) is 4.